The predicted molar refractivity (Wildman–Crippen MR) is 61.9 cm³/mol. The minimum absolute atomic E-state index is 0.194. The summed E-state index contributed by atoms with van der Waals surface area (Å²) in [5.74, 6) is -0.194. The number of aromatic nitrogens is 2. The molecular formula is C9H7N3OS2. The first-order valence-corrected chi connectivity index (χ1v) is 5.89. The SMILES string of the molecule is O=C(/C=C/c1cccs1)Nc1nncs1. The molecule has 1 amide bonds. The molecule has 6 heteroatoms. The molecule has 4 nitrogen and oxygen atoms in total. The molecule has 0 radical (unpaired) electrons. The molecule has 2 rings (SSSR count). The topological polar surface area (TPSA) is 54.9 Å². The monoisotopic (exact) mass is 237 g/mol. The second kappa shape index (κ2) is 4.81. The molecule has 1 N–H and O–H groups in total. The summed E-state index contributed by atoms with van der Waals surface area (Å²) in [6.07, 6.45) is 3.24. The van der Waals surface area contributed by atoms with Crippen LogP contribution in [0.5, 0.6) is 0 Å². The predicted octanol–water partition coefficient (Wildman–Crippen LogP) is 2.25. The number of hydrogen-bond acceptors (Lipinski definition) is 5. The van der Waals surface area contributed by atoms with Crippen molar-refractivity contribution in [1.82, 2.24) is 10.2 Å². The minimum atomic E-state index is -0.194. The molecule has 0 bridgehead atoms. The molecular weight excluding hydrogens is 230 g/mol. The van der Waals surface area contributed by atoms with E-state index in [1.165, 1.54) is 17.4 Å². The molecule has 2 aromatic rings. The summed E-state index contributed by atoms with van der Waals surface area (Å²) in [4.78, 5) is 12.4. The van der Waals surface area contributed by atoms with Gasteiger partial charge in [0.15, 0.2) is 0 Å². The third-order valence-corrected chi connectivity index (χ3v) is 2.98. The van der Waals surface area contributed by atoms with Crippen molar-refractivity contribution in [2.24, 2.45) is 0 Å². The van der Waals surface area contributed by atoms with E-state index in [1.807, 2.05) is 17.5 Å². The first-order valence-electron chi connectivity index (χ1n) is 4.13. The van der Waals surface area contributed by atoms with E-state index >= 15 is 0 Å². The second-order valence-electron chi connectivity index (χ2n) is 2.58. The number of thiophene rings is 1. The van der Waals surface area contributed by atoms with Gasteiger partial charge in [0.25, 0.3) is 0 Å². The van der Waals surface area contributed by atoms with Crippen LogP contribution in [0.2, 0.25) is 0 Å². The van der Waals surface area contributed by atoms with Gasteiger partial charge in [0.05, 0.1) is 0 Å². The Morgan fingerprint density at radius 2 is 2.40 bits per heavy atom. The maximum Gasteiger partial charge on any atom is 0.250 e. The lowest BCUT2D eigenvalue weighted by Crippen LogP contribution is -2.07. The van der Waals surface area contributed by atoms with Crippen LogP contribution in [0.25, 0.3) is 6.08 Å². The van der Waals surface area contributed by atoms with E-state index in [-0.39, 0.29) is 5.91 Å². The Morgan fingerprint density at radius 1 is 1.47 bits per heavy atom. The molecule has 0 saturated heterocycles. The molecule has 2 aromatic heterocycles. The van der Waals surface area contributed by atoms with E-state index in [1.54, 1.807) is 22.9 Å². The van der Waals surface area contributed by atoms with Crippen molar-refractivity contribution in [3.05, 3.63) is 34.0 Å². The standard InChI is InChI=1S/C9H7N3OS2/c13-8(11-9-12-10-6-15-9)4-3-7-2-1-5-14-7/h1-6H,(H,11,12,13)/b4-3+. The Morgan fingerprint density at radius 3 is 3.07 bits per heavy atom. The largest absolute Gasteiger partial charge is 0.297 e. The van der Waals surface area contributed by atoms with Gasteiger partial charge >= 0.3 is 0 Å². The number of nitrogens with zero attached hydrogens (tertiary/aromatic N) is 2. The summed E-state index contributed by atoms with van der Waals surface area (Å²) in [5.41, 5.74) is 1.57. The number of carbonyl (C=O) groups is 1. The van der Waals surface area contributed by atoms with Crippen molar-refractivity contribution in [1.29, 1.82) is 0 Å². The smallest absolute Gasteiger partial charge is 0.250 e. The first kappa shape index (κ1) is 10.0. The lowest BCUT2D eigenvalue weighted by molar-refractivity contribution is -0.111. The van der Waals surface area contributed by atoms with Gasteiger partial charge in [-0.3, -0.25) is 10.1 Å². The van der Waals surface area contributed by atoms with Crippen LogP contribution < -0.4 is 5.32 Å². The summed E-state index contributed by atoms with van der Waals surface area (Å²) in [6, 6.07) is 3.88. The molecule has 0 aliphatic carbocycles. The van der Waals surface area contributed by atoms with Crippen LogP contribution in [0.3, 0.4) is 0 Å². The summed E-state index contributed by atoms with van der Waals surface area (Å²) >= 11 is 2.87. The molecule has 0 spiro atoms. The number of amides is 1. The van der Waals surface area contributed by atoms with Gasteiger partial charge in [0, 0.05) is 11.0 Å². The maximum atomic E-state index is 11.4. The lowest BCUT2D eigenvalue weighted by Gasteiger charge is -1.92. The third-order valence-electron chi connectivity index (χ3n) is 1.53. The highest BCUT2D eigenvalue weighted by molar-refractivity contribution is 7.13. The highest BCUT2D eigenvalue weighted by Crippen LogP contribution is 2.11. The fraction of sp³-hybridized carbons (Fsp3) is 0. The molecule has 0 aliphatic heterocycles. The van der Waals surface area contributed by atoms with Crippen molar-refractivity contribution in [3.63, 3.8) is 0 Å². The summed E-state index contributed by atoms with van der Waals surface area (Å²) in [7, 11) is 0. The number of nitrogens with one attached hydrogen (secondary N) is 1. The molecule has 0 aromatic carbocycles. The fourth-order valence-corrected chi connectivity index (χ4v) is 1.98. The van der Waals surface area contributed by atoms with Gasteiger partial charge in [0.2, 0.25) is 11.0 Å². The average molecular weight is 237 g/mol. The maximum absolute atomic E-state index is 11.4. The Balaban J connectivity index is 1.93. The third kappa shape index (κ3) is 2.97. The van der Waals surface area contributed by atoms with Crippen molar-refractivity contribution in [2.75, 3.05) is 5.32 Å². The zero-order chi connectivity index (χ0) is 10.5. The quantitative estimate of drug-likeness (QED) is 0.833. The lowest BCUT2D eigenvalue weighted by atomic mass is 10.4. The summed E-state index contributed by atoms with van der Waals surface area (Å²) < 4.78 is 0. The molecule has 76 valence electrons. The van der Waals surface area contributed by atoms with Gasteiger partial charge in [-0.2, -0.15) is 0 Å². The number of hydrogen-bond donors (Lipinski definition) is 1. The summed E-state index contributed by atoms with van der Waals surface area (Å²) in [5, 5.41) is 12.4. The van der Waals surface area contributed by atoms with E-state index in [2.05, 4.69) is 15.5 Å². The van der Waals surface area contributed by atoms with Crippen LogP contribution in [-0.2, 0) is 4.79 Å². The Labute approximate surface area is 94.3 Å². The highest BCUT2D eigenvalue weighted by atomic mass is 32.1. The normalized spacial score (nSPS) is 10.7. The van der Waals surface area contributed by atoms with Crippen LogP contribution in [0.15, 0.2) is 29.1 Å². The molecule has 15 heavy (non-hydrogen) atoms. The van der Waals surface area contributed by atoms with Crippen molar-refractivity contribution in [3.8, 4) is 0 Å². The van der Waals surface area contributed by atoms with Crippen molar-refractivity contribution in [2.45, 2.75) is 0 Å². The molecule has 0 unspecified atom stereocenters. The van der Waals surface area contributed by atoms with E-state index in [4.69, 9.17) is 0 Å². The number of carbonyl (C=O) groups excluding carboxylic acids is 1. The zero-order valence-electron chi connectivity index (χ0n) is 7.58. The van der Waals surface area contributed by atoms with Crippen LogP contribution in [-0.4, -0.2) is 16.1 Å². The zero-order valence-corrected chi connectivity index (χ0v) is 9.22. The Bertz CT molecular complexity index is 448. The van der Waals surface area contributed by atoms with E-state index in [9.17, 15) is 4.79 Å². The van der Waals surface area contributed by atoms with E-state index in [0.717, 1.165) is 4.88 Å². The van der Waals surface area contributed by atoms with Gasteiger partial charge in [-0.05, 0) is 17.5 Å². The molecule has 0 aliphatic rings. The van der Waals surface area contributed by atoms with Crippen LogP contribution in [0.4, 0.5) is 5.13 Å². The van der Waals surface area contributed by atoms with Gasteiger partial charge in [-0.25, -0.2) is 0 Å². The minimum Gasteiger partial charge on any atom is -0.297 e. The molecule has 0 fully saturated rings. The molecule has 0 atom stereocenters. The fourth-order valence-electron chi connectivity index (χ4n) is 0.919. The Kier molecular flexibility index (Phi) is 3.21. The van der Waals surface area contributed by atoms with Gasteiger partial charge in [0.1, 0.15) is 5.51 Å². The highest BCUT2D eigenvalue weighted by Gasteiger charge is 1.99. The van der Waals surface area contributed by atoms with E-state index in [0.29, 0.717) is 5.13 Å². The second-order valence-corrected chi connectivity index (χ2v) is 4.39. The first-order chi connectivity index (χ1) is 7.34. The van der Waals surface area contributed by atoms with Gasteiger partial charge < -0.3 is 0 Å². The van der Waals surface area contributed by atoms with Crippen molar-refractivity contribution >= 4 is 39.8 Å². The van der Waals surface area contributed by atoms with Crippen LogP contribution >= 0.6 is 22.7 Å². The van der Waals surface area contributed by atoms with Gasteiger partial charge in [-0.1, -0.05) is 17.4 Å². The molecule has 0 saturated carbocycles. The van der Waals surface area contributed by atoms with Gasteiger partial charge in [-0.15, -0.1) is 21.5 Å². The number of rotatable bonds is 3. The van der Waals surface area contributed by atoms with Crippen molar-refractivity contribution < 1.29 is 4.79 Å². The van der Waals surface area contributed by atoms with E-state index < -0.39 is 0 Å². The van der Waals surface area contributed by atoms with Crippen LogP contribution in [0, 0.1) is 0 Å². The number of anilines is 1. The van der Waals surface area contributed by atoms with Crippen LogP contribution in [0.1, 0.15) is 4.88 Å². The molecule has 2 heterocycles. The Hall–Kier alpha value is -1.53. The average Bonchev–Trinajstić information content (AvgIpc) is 2.86. The summed E-state index contributed by atoms with van der Waals surface area (Å²) in [6.45, 7) is 0.